The average molecular weight is 410 g/mol. The molecule has 1 aliphatic heterocycles. The second-order valence-corrected chi connectivity index (χ2v) is 9.75. The third kappa shape index (κ3) is 6.97. The maximum Gasteiger partial charge on any atom is 0.487 e. The summed E-state index contributed by atoms with van der Waals surface area (Å²) in [6.07, 6.45) is 1.76. The lowest BCUT2D eigenvalue weighted by atomic mass is 9.69. The van der Waals surface area contributed by atoms with Gasteiger partial charge in [0.25, 0.3) is 7.57 Å². The lowest BCUT2D eigenvalue weighted by Gasteiger charge is -2.24. The van der Waals surface area contributed by atoms with Gasteiger partial charge >= 0.3 is 15.6 Å². The molecule has 0 aromatic carbocycles. The molecule has 0 saturated carbocycles. The maximum absolute atomic E-state index is 11.4. The Labute approximate surface area is 139 Å². The molecule has 1 heterocycles. The van der Waals surface area contributed by atoms with E-state index in [2.05, 4.69) is 14.9 Å². The molecular formula is C8H20BNO11P3. The van der Waals surface area contributed by atoms with Gasteiger partial charge < -0.3 is 28.8 Å². The summed E-state index contributed by atoms with van der Waals surface area (Å²) in [7, 11) is -13.1. The highest BCUT2D eigenvalue weighted by atomic mass is 31.3. The molecule has 0 aromatic rings. The summed E-state index contributed by atoms with van der Waals surface area (Å²) in [4.78, 5) is 40.8. The Morgan fingerprint density at radius 3 is 2.29 bits per heavy atom. The van der Waals surface area contributed by atoms with Crippen molar-refractivity contribution in [3.05, 3.63) is 0 Å². The van der Waals surface area contributed by atoms with Gasteiger partial charge in [-0.2, -0.15) is 4.31 Å². The monoisotopic (exact) mass is 410 g/mol. The van der Waals surface area contributed by atoms with Crippen molar-refractivity contribution in [2.24, 2.45) is 11.8 Å². The number of hydrogen-bond acceptors (Lipinski definition) is 9. The van der Waals surface area contributed by atoms with E-state index < -0.39 is 35.4 Å². The average Bonchev–Trinajstić information content (AvgIpc) is 2.67. The van der Waals surface area contributed by atoms with E-state index in [-0.39, 0.29) is 18.5 Å². The fourth-order valence-corrected chi connectivity index (χ4v) is 5.50. The molecule has 6 unspecified atom stereocenters. The molecule has 24 heavy (non-hydrogen) atoms. The van der Waals surface area contributed by atoms with Crippen LogP contribution in [0.15, 0.2) is 0 Å². The molecule has 0 spiro atoms. The van der Waals surface area contributed by atoms with Crippen molar-refractivity contribution in [1.29, 1.82) is 0 Å². The molecule has 1 aliphatic rings. The fraction of sp³-hybridized carbons (Fsp3) is 0.875. The van der Waals surface area contributed by atoms with Gasteiger partial charge in [-0.3, -0.25) is 4.84 Å². The summed E-state index contributed by atoms with van der Waals surface area (Å²) in [5.41, 5.74) is 0. The van der Waals surface area contributed by atoms with Crippen LogP contribution in [0.25, 0.3) is 0 Å². The maximum atomic E-state index is 11.4. The Morgan fingerprint density at radius 2 is 1.83 bits per heavy atom. The molecule has 1 fully saturated rings. The van der Waals surface area contributed by atoms with Crippen LogP contribution < -0.4 is 5.90 Å². The topological polar surface area (TPSA) is 187 Å². The third-order valence-electron chi connectivity index (χ3n) is 3.10. The Kier molecular flexibility index (Phi) is 7.87. The Bertz CT molecular complexity index is 569. The van der Waals surface area contributed by atoms with Gasteiger partial charge in [0, 0.05) is 11.9 Å². The van der Waals surface area contributed by atoms with E-state index >= 15 is 0 Å². The minimum atomic E-state index is -5.33. The fourth-order valence-electron chi connectivity index (χ4n) is 2.18. The summed E-state index contributed by atoms with van der Waals surface area (Å²) < 4.78 is 40.2. The van der Waals surface area contributed by atoms with E-state index in [0.717, 1.165) is 0 Å². The minimum absolute atomic E-state index is 0.118. The molecule has 6 atom stereocenters. The molecule has 6 N–H and O–H groups in total. The molecule has 0 bridgehead atoms. The van der Waals surface area contributed by atoms with Crippen LogP contribution >= 0.6 is 23.2 Å². The molecule has 0 aliphatic carbocycles. The number of hydrogen-bond donors (Lipinski definition) is 5. The zero-order chi connectivity index (χ0) is 18.8. The Hall–Kier alpha value is 0.425. The van der Waals surface area contributed by atoms with E-state index in [1.54, 1.807) is 14.1 Å². The Morgan fingerprint density at radius 1 is 1.25 bits per heavy atom. The normalized spacial score (nSPS) is 33.0. The molecule has 0 amide bonds. The van der Waals surface area contributed by atoms with Gasteiger partial charge in [0.2, 0.25) is 0 Å². The van der Waals surface area contributed by atoms with Gasteiger partial charge in [0.15, 0.2) is 0 Å². The predicted molar refractivity (Wildman–Crippen MR) is 84.8 cm³/mol. The van der Waals surface area contributed by atoms with Crippen molar-refractivity contribution in [3.63, 3.8) is 0 Å². The van der Waals surface area contributed by atoms with Gasteiger partial charge in [-0.05, 0) is 6.30 Å². The summed E-state index contributed by atoms with van der Waals surface area (Å²) in [6, 6.07) is -0.286. The molecule has 141 valence electrons. The van der Waals surface area contributed by atoms with Crippen molar-refractivity contribution in [2.45, 2.75) is 32.0 Å². The van der Waals surface area contributed by atoms with E-state index in [1.165, 1.54) is 0 Å². The summed E-state index contributed by atoms with van der Waals surface area (Å²) in [5.74, 6) is 5.08. The summed E-state index contributed by atoms with van der Waals surface area (Å²) in [5, 5.41) is 0. The van der Waals surface area contributed by atoms with Crippen LogP contribution in [0.4, 0.5) is 0 Å². The predicted octanol–water partition coefficient (Wildman–Crippen LogP) is -0.212. The molecule has 0 aromatic heterocycles. The standard InChI is InChI=1S/C8H20BNO11P3/c1-5-7(19-10)6(18-8(5)9-2)4-17-22(3,11)20-24(15,16)21-23(12,13)14/h5-8,11H,3-4,10H2,1-2H3,(H,15,16)(H2,12,13,14). The first kappa shape index (κ1) is 22.5. The van der Waals surface area contributed by atoms with Crippen LogP contribution in [0, 0.1) is 5.92 Å². The van der Waals surface area contributed by atoms with Crippen molar-refractivity contribution in [3.8, 4) is 0 Å². The lowest BCUT2D eigenvalue weighted by Crippen LogP contribution is -2.34. The summed E-state index contributed by atoms with van der Waals surface area (Å²) in [6.45, 7) is 3.23. The Balaban J connectivity index is 2.66. The van der Waals surface area contributed by atoms with Crippen LogP contribution in [0.2, 0.25) is 6.82 Å². The lowest BCUT2D eigenvalue weighted by molar-refractivity contribution is -0.0398. The second kappa shape index (κ2) is 8.41. The molecule has 1 radical (unpaired) electrons. The third-order valence-corrected chi connectivity index (χ3v) is 7.18. The first-order chi connectivity index (χ1) is 10.8. The zero-order valence-corrected chi connectivity index (χ0v) is 15.5. The number of rotatable bonds is 9. The van der Waals surface area contributed by atoms with Gasteiger partial charge in [-0.25, -0.2) is 19.3 Å². The van der Waals surface area contributed by atoms with Crippen LogP contribution in [0.5, 0.6) is 0 Å². The summed E-state index contributed by atoms with van der Waals surface area (Å²) >= 11 is 0. The van der Waals surface area contributed by atoms with E-state index in [1.807, 2.05) is 6.92 Å². The van der Waals surface area contributed by atoms with Crippen LogP contribution in [-0.4, -0.2) is 58.0 Å². The first-order valence-corrected chi connectivity index (χ1v) is 11.3. The quantitative estimate of drug-likeness (QED) is 0.191. The van der Waals surface area contributed by atoms with Gasteiger partial charge in [0.1, 0.15) is 19.5 Å². The molecule has 1 rings (SSSR count). The largest absolute Gasteiger partial charge is 0.487 e. The van der Waals surface area contributed by atoms with E-state index in [0.29, 0.717) is 0 Å². The van der Waals surface area contributed by atoms with Gasteiger partial charge in [-0.15, -0.1) is 0 Å². The highest BCUT2D eigenvalue weighted by molar-refractivity contribution is 7.70. The van der Waals surface area contributed by atoms with Crippen molar-refractivity contribution < 1.29 is 51.4 Å². The van der Waals surface area contributed by atoms with Gasteiger partial charge in [0.05, 0.1) is 6.61 Å². The first-order valence-electron chi connectivity index (χ1n) is 6.52. The van der Waals surface area contributed by atoms with Crippen LogP contribution in [0.3, 0.4) is 0 Å². The van der Waals surface area contributed by atoms with Gasteiger partial charge in [-0.1, -0.05) is 13.7 Å². The molecule has 16 heteroatoms. The van der Waals surface area contributed by atoms with E-state index in [9.17, 15) is 18.9 Å². The zero-order valence-electron chi connectivity index (χ0n) is 12.9. The van der Waals surface area contributed by atoms with Crippen molar-refractivity contribution >= 4 is 36.8 Å². The molecule has 1 saturated heterocycles. The number of nitrogens with two attached hydrogens (primary N) is 1. The SMILES string of the molecule is C=P(O)(OCC1OC([B]C)C(C)C1ON)OP(=O)(O)OP(=O)(O)O. The highest BCUT2D eigenvalue weighted by Crippen LogP contribution is 2.66. The highest BCUT2D eigenvalue weighted by Gasteiger charge is 2.43. The number of ether oxygens (including phenoxy) is 1. The smallest absolute Gasteiger partial charge is 0.378 e. The van der Waals surface area contributed by atoms with Crippen molar-refractivity contribution in [2.75, 3.05) is 6.61 Å². The minimum Gasteiger partial charge on any atom is -0.378 e. The molecular weight excluding hydrogens is 390 g/mol. The number of phosphoric acid groups is 2. The van der Waals surface area contributed by atoms with Crippen LogP contribution in [-0.2, 0) is 31.8 Å². The van der Waals surface area contributed by atoms with Crippen LogP contribution in [0.1, 0.15) is 6.92 Å². The van der Waals surface area contributed by atoms with Crippen molar-refractivity contribution in [1.82, 2.24) is 0 Å². The van der Waals surface area contributed by atoms with E-state index in [4.69, 9.17) is 29.8 Å². The molecule has 12 nitrogen and oxygen atoms in total. The second-order valence-electron chi connectivity index (χ2n) is 4.99.